The molecule has 2 rings (SSSR count). The highest BCUT2D eigenvalue weighted by Crippen LogP contribution is 2.40. The molecule has 84 valence electrons. The molecule has 1 unspecified atom stereocenters. The largest absolute Gasteiger partial charge is 0.146 e. The first-order valence-electron chi connectivity index (χ1n) is 4.41. The van der Waals surface area contributed by atoms with E-state index in [0.717, 1.165) is 19.5 Å². The fourth-order valence-corrected chi connectivity index (χ4v) is 4.99. The minimum atomic E-state index is 0.164. The van der Waals surface area contributed by atoms with Gasteiger partial charge in [-0.3, -0.25) is 0 Å². The first-order valence-corrected chi connectivity index (χ1v) is 8.17. The van der Waals surface area contributed by atoms with Gasteiger partial charge < -0.3 is 0 Å². The normalized spacial score (nSPS) is 12.8. The summed E-state index contributed by atoms with van der Waals surface area (Å²) in [4.78, 5) is 1.41. The van der Waals surface area contributed by atoms with E-state index in [1.54, 1.807) is 11.3 Å². The number of hydrogen-bond acceptors (Lipinski definition) is 1. The molecule has 0 nitrogen and oxygen atoms in total. The molecule has 0 saturated carbocycles. The van der Waals surface area contributed by atoms with E-state index in [-0.39, 0.29) is 4.83 Å². The number of benzene rings is 1. The van der Waals surface area contributed by atoms with Crippen molar-refractivity contribution in [2.75, 3.05) is 0 Å². The summed E-state index contributed by atoms with van der Waals surface area (Å²) in [6, 6.07) is 7.97. The molecule has 1 atom stereocenters. The zero-order valence-corrected chi connectivity index (χ0v) is 14.2. The van der Waals surface area contributed by atoms with Crippen LogP contribution in [-0.2, 0) is 0 Å². The molecule has 0 bridgehead atoms. The fourth-order valence-electron chi connectivity index (χ4n) is 1.36. The van der Waals surface area contributed by atoms with Crippen LogP contribution in [0.5, 0.6) is 0 Å². The summed E-state index contributed by atoms with van der Waals surface area (Å²) in [6.45, 7) is 0. The van der Waals surface area contributed by atoms with Crippen LogP contribution >= 0.6 is 70.7 Å². The molecule has 0 fully saturated rings. The van der Waals surface area contributed by atoms with E-state index >= 15 is 0 Å². The van der Waals surface area contributed by atoms with Crippen LogP contribution < -0.4 is 0 Å². The van der Waals surface area contributed by atoms with Gasteiger partial charge in [-0.25, -0.2) is 0 Å². The lowest BCUT2D eigenvalue weighted by Crippen LogP contribution is -1.90. The minimum Gasteiger partial charge on any atom is -0.146 e. The van der Waals surface area contributed by atoms with Crippen molar-refractivity contribution in [2.24, 2.45) is 0 Å². The van der Waals surface area contributed by atoms with Gasteiger partial charge in [0.05, 0.1) is 4.83 Å². The highest BCUT2D eigenvalue weighted by atomic mass is 79.9. The Bertz CT molecular complexity index is 489. The predicted octanol–water partition coefficient (Wildman–Crippen LogP) is 6.41. The molecule has 1 heterocycles. The smallest absolute Gasteiger partial charge is 0.0750 e. The fraction of sp³-hybridized carbons (Fsp3) is 0.0909. The van der Waals surface area contributed by atoms with E-state index in [9.17, 15) is 0 Å². The Hall–Kier alpha value is 0.650. The van der Waals surface area contributed by atoms with Gasteiger partial charge in [0.1, 0.15) is 0 Å². The third-order valence-electron chi connectivity index (χ3n) is 2.05. The molecule has 2 aromatic rings. The second-order valence-corrected chi connectivity index (χ2v) is 7.27. The average Bonchev–Trinajstić information content (AvgIpc) is 2.62. The number of thiophene rings is 1. The van der Waals surface area contributed by atoms with Crippen LogP contribution in [-0.4, -0.2) is 0 Å². The topological polar surface area (TPSA) is 0 Å². The highest BCUT2D eigenvalue weighted by Gasteiger charge is 2.15. The van der Waals surface area contributed by atoms with E-state index < -0.39 is 0 Å². The van der Waals surface area contributed by atoms with E-state index in [4.69, 9.17) is 11.6 Å². The Labute approximate surface area is 128 Å². The van der Waals surface area contributed by atoms with Gasteiger partial charge in [-0.2, -0.15) is 0 Å². The summed E-state index contributed by atoms with van der Waals surface area (Å²) < 4.78 is 2.11. The molecule has 0 saturated heterocycles. The molecule has 0 radical (unpaired) electrons. The summed E-state index contributed by atoms with van der Waals surface area (Å²) in [5.74, 6) is 0. The Morgan fingerprint density at radius 1 is 1.19 bits per heavy atom. The lowest BCUT2D eigenvalue weighted by Gasteiger charge is -2.10. The standard InChI is InChI=1S/C11H6Br3ClS/c12-7-3-6(4-8(15)5-7)10(14)11-9(13)1-2-16-11/h1-5,10H. The van der Waals surface area contributed by atoms with E-state index in [1.807, 2.05) is 18.2 Å². The Morgan fingerprint density at radius 2 is 1.94 bits per heavy atom. The third kappa shape index (κ3) is 2.91. The van der Waals surface area contributed by atoms with Gasteiger partial charge in [0, 0.05) is 18.8 Å². The van der Waals surface area contributed by atoms with E-state index in [2.05, 4.69) is 59.2 Å². The molecular formula is C11H6Br3ClS. The molecule has 5 heteroatoms. The second-order valence-electron chi connectivity index (χ2n) is 3.20. The van der Waals surface area contributed by atoms with Crippen molar-refractivity contribution in [3.05, 3.63) is 54.1 Å². The van der Waals surface area contributed by atoms with Gasteiger partial charge in [0.2, 0.25) is 0 Å². The van der Waals surface area contributed by atoms with Crippen LogP contribution in [0.2, 0.25) is 5.02 Å². The molecule has 1 aromatic heterocycles. The summed E-state index contributed by atoms with van der Waals surface area (Å²) in [5.41, 5.74) is 1.14. The maximum Gasteiger partial charge on any atom is 0.0750 e. The first-order chi connectivity index (χ1) is 7.58. The van der Waals surface area contributed by atoms with Crippen molar-refractivity contribution in [2.45, 2.75) is 4.83 Å². The minimum absolute atomic E-state index is 0.164. The van der Waals surface area contributed by atoms with E-state index in [0.29, 0.717) is 0 Å². The van der Waals surface area contributed by atoms with Gasteiger partial charge >= 0.3 is 0 Å². The summed E-state index contributed by atoms with van der Waals surface area (Å²) >= 11 is 18.4. The Kier molecular flexibility index (Phi) is 4.52. The molecule has 0 aliphatic rings. The first kappa shape index (κ1) is 13.1. The van der Waals surface area contributed by atoms with Crippen LogP contribution in [0.1, 0.15) is 15.3 Å². The molecule has 0 spiro atoms. The molecule has 0 aliphatic heterocycles. The maximum absolute atomic E-state index is 6.04. The summed E-state index contributed by atoms with van der Waals surface area (Å²) in [5, 5.41) is 2.80. The highest BCUT2D eigenvalue weighted by molar-refractivity contribution is 9.11. The monoisotopic (exact) mass is 442 g/mol. The lowest BCUT2D eigenvalue weighted by atomic mass is 10.1. The number of halogens is 4. The van der Waals surface area contributed by atoms with Crippen molar-refractivity contribution in [3.8, 4) is 0 Å². The van der Waals surface area contributed by atoms with Crippen molar-refractivity contribution in [1.82, 2.24) is 0 Å². The van der Waals surface area contributed by atoms with Gasteiger partial charge in [-0.05, 0) is 51.1 Å². The predicted molar refractivity (Wildman–Crippen MR) is 81.9 cm³/mol. The van der Waals surface area contributed by atoms with E-state index in [1.165, 1.54) is 4.88 Å². The average molecular weight is 445 g/mol. The Balaban J connectivity index is 2.41. The van der Waals surface area contributed by atoms with Crippen LogP contribution in [0.15, 0.2) is 38.6 Å². The van der Waals surface area contributed by atoms with Gasteiger partial charge in [0.15, 0.2) is 0 Å². The molecular weight excluding hydrogens is 439 g/mol. The van der Waals surface area contributed by atoms with Crippen LogP contribution in [0.3, 0.4) is 0 Å². The van der Waals surface area contributed by atoms with Crippen LogP contribution in [0.4, 0.5) is 0 Å². The molecule has 1 aromatic carbocycles. The molecule has 0 aliphatic carbocycles. The third-order valence-corrected chi connectivity index (χ3v) is 5.95. The molecule has 0 N–H and O–H groups in total. The zero-order chi connectivity index (χ0) is 11.7. The van der Waals surface area contributed by atoms with Gasteiger partial charge in [0.25, 0.3) is 0 Å². The Morgan fingerprint density at radius 3 is 2.50 bits per heavy atom. The molecule has 0 amide bonds. The maximum atomic E-state index is 6.04. The second kappa shape index (κ2) is 5.53. The van der Waals surface area contributed by atoms with Crippen molar-refractivity contribution >= 4 is 70.7 Å². The van der Waals surface area contributed by atoms with Crippen molar-refractivity contribution < 1.29 is 0 Å². The van der Waals surface area contributed by atoms with Crippen LogP contribution in [0, 0.1) is 0 Å². The van der Waals surface area contributed by atoms with Gasteiger partial charge in [-0.15, -0.1) is 11.3 Å². The lowest BCUT2D eigenvalue weighted by molar-refractivity contribution is 1.21. The number of rotatable bonds is 2. The quantitative estimate of drug-likeness (QED) is 0.469. The SMILES string of the molecule is Clc1cc(Br)cc(C(Br)c2sccc2Br)c1. The number of alkyl halides is 1. The summed E-state index contributed by atoms with van der Waals surface area (Å²) in [7, 11) is 0. The summed E-state index contributed by atoms with van der Waals surface area (Å²) in [6.07, 6.45) is 0. The molecule has 16 heavy (non-hydrogen) atoms. The van der Waals surface area contributed by atoms with Crippen molar-refractivity contribution in [3.63, 3.8) is 0 Å². The van der Waals surface area contributed by atoms with Gasteiger partial charge in [-0.1, -0.05) is 43.5 Å². The van der Waals surface area contributed by atoms with Crippen molar-refractivity contribution in [1.29, 1.82) is 0 Å². The zero-order valence-electron chi connectivity index (χ0n) is 7.88. The van der Waals surface area contributed by atoms with Crippen LogP contribution in [0.25, 0.3) is 0 Å². The number of hydrogen-bond donors (Lipinski definition) is 0.